The minimum Gasteiger partial charge on any atom is -0.465 e. The topological polar surface area (TPSA) is 52.1 Å². The van der Waals surface area contributed by atoms with Crippen molar-refractivity contribution in [3.63, 3.8) is 0 Å². The van der Waals surface area contributed by atoms with Crippen LogP contribution in [0.3, 0.4) is 0 Å². The van der Waals surface area contributed by atoms with Crippen LogP contribution in [0, 0.1) is 12.7 Å². The largest absolute Gasteiger partial charge is 0.465 e. The summed E-state index contributed by atoms with van der Waals surface area (Å²) in [6.45, 7) is 1.72. The molecule has 0 N–H and O–H groups in total. The summed E-state index contributed by atoms with van der Waals surface area (Å²) < 4.78 is 18.1. The van der Waals surface area contributed by atoms with Gasteiger partial charge >= 0.3 is 5.97 Å². The normalized spacial score (nSPS) is 10.4. The summed E-state index contributed by atoms with van der Waals surface area (Å²) in [6.07, 6.45) is 1.52. The molecule has 0 fully saturated rings. The lowest BCUT2D eigenvalue weighted by Gasteiger charge is -2.03. The van der Waals surface area contributed by atoms with E-state index in [1.54, 1.807) is 6.92 Å². The summed E-state index contributed by atoms with van der Waals surface area (Å²) in [5.74, 6) is -1.17. The summed E-state index contributed by atoms with van der Waals surface area (Å²) in [5, 5.41) is 0. The zero-order valence-electron chi connectivity index (χ0n) is 8.82. The van der Waals surface area contributed by atoms with E-state index < -0.39 is 11.8 Å². The van der Waals surface area contributed by atoms with Gasteiger partial charge in [0.1, 0.15) is 5.52 Å². The molecule has 2 rings (SSSR count). The average Bonchev–Trinajstić information content (AvgIpc) is 2.28. The Morgan fingerprint density at radius 3 is 2.88 bits per heavy atom. The first-order valence-corrected chi connectivity index (χ1v) is 4.63. The first-order valence-electron chi connectivity index (χ1n) is 4.63. The number of hydrogen-bond donors (Lipinski definition) is 0. The van der Waals surface area contributed by atoms with Crippen LogP contribution in [0.25, 0.3) is 11.0 Å². The van der Waals surface area contributed by atoms with Crippen LogP contribution in [0.4, 0.5) is 4.39 Å². The third-order valence-corrected chi connectivity index (χ3v) is 2.14. The van der Waals surface area contributed by atoms with Crippen molar-refractivity contribution in [3.8, 4) is 0 Å². The van der Waals surface area contributed by atoms with E-state index in [4.69, 9.17) is 0 Å². The zero-order chi connectivity index (χ0) is 11.7. The Labute approximate surface area is 91.1 Å². The van der Waals surface area contributed by atoms with Gasteiger partial charge in [-0.2, -0.15) is 0 Å². The molecular weight excluding hydrogens is 211 g/mol. The number of rotatable bonds is 1. The zero-order valence-corrected chi connectivity index (χ0v) is 8.82. The lowest BCUT2D eigenvalue weighted by molar-refractivity contribution is 0.0600. The number of ether oxygens (including phenoxy) is 1. The summed E-state index contributed by atoms with van der Waals surface area (Å²) in [4.78, 5) is 19.3. The molecular formula is C11H9FN2O2. The highest BCUT2D eigenvalue weighted by Crippen LogP contribution is 2.17. The predicted molar refractivity (Wildman–Crippen MR) is 55.6 cm³/mol. The van der Waals surface area contributed by atoms with Gasteiger partial charge in [0, 0.05) is 6.20 Å². The predicted octanol–water partition coefficient (Wildman–Crippen LogP) is 1.86. The molecule has 82 valence electrons. The van der Waals surface area contributed by atoms with Crippen LogP contribution in [0.2, 0.25) is 0 Å². The van der Waals surface area contributed by atoms with Crippen molar-refractivity contribution in [1.29, 1.82) is 0 Å². The molecule has 0 atom stereocenters. The summed E-state index contributed by atoms with van der Waals surface area (Å²) in [7, 11) is 1.24. The highest BCUT2D eigenvalue weighted by Gasteiger charge is 2.12. The van der Waals surface area contributed by atoms with Crippen LogP contribution in [0.15, 0.2) is 18.3 Å². The minimum atomic E-state index is -0.594. The molecule has 16 heavy (non-hydrogen) atoms. The Hall–Kier alpha value is -2.04. The molecule has 0 unspecified atom stereocenters. The molecule has 1 heterocycles. The van der Waals surface area contributed by atoms with Crippen molar-refractivity contribution in [1.82, 2.24) is 9.97 Å². The SMILES string of the molecule is COC(=O)c1cc(F)c2nc(C)cnc2c1. The van der Waals surface area contributed by atoms with E-state index in [-0.39, 0.29) is 11.1 Å². The number of aryl methyl sites for hydroxylation is 1. The number of fused-ring (bicyclic) bond motifs is 1. The van der Waals surface area contributed by atoms with Gasteiger partial charge in [-0.05, 0) is 19.1 Å². The number of carbonyl (C=O) groups excluding carboxylic acids is 1. The van der Waals surface area contributed by atoms with E-state index in [1.807, 2.05) is 0 Å². The van der Waals surface area contributed by atoms with E-state index in [0.717, 1.165) is 6.07 Å². The summed E-state index contributed by atoms with van der Waals surface area (Å²) in [5.41, 5.74) is 1.25. The van der Waals surface area contributed by atoms with Gasteiger partial charge in [0.05, 0.1) is 23.9 Å². The Balaban J connectivity index is 2.68. The number of nitrogens with zero attached hydrogens (tertiary/aromatic N) is 2. The van der Waals surface area contributed by atoms with Crippen molar-refractivity contribution >= 4 is 17.0 Å². The van der Waals surface area contributed by atoms with Gasteiger partial charge in [0.2, 0.25) is 0 Å². The van der Waals surface area contributed by atoms with Crippen LogP contribution < -0.4 is 0 Å². The Morgan fingerprint density at radius 1 is 1.44 bits per heavy atom. The highest BCUT2D eigenvalue weighted by molar-refractivity contribution is 5.93. The number of esters is 1. The first-order chi connectivity index (χ1) is 7.61. The quantitative estimate of drug-likeness (QED) is 0.688. The van der Waals surface area contributed by atoms with Gasteiger partial charge < -0.3 is 4.74 Å². The van der Waals surface area contributed by atoms with Gasteiger partial charge in [-0.1, -0.05) is 0 Å². The third kappa shape index (κ3) is 1.71. The van der Waals surface area contributed by atoms with Crippen LogP contribution >= 0.6 is 0 Å². The molecule has 0 bridgehead atoms. The van der Waals surface area contributed by atoms with E-state index in [9.17, 15) is 9.18 Å². The molecule has 0 saturated carbocycles. The standard InChI is InChI=1S/C11H9FN2O2/c1-6-5-13-9-4-7(11(15)16-2)3-8(12)10(9)14-6/h3-5H,1-2H3. The van der Waals surface area contributed by atoms with Gasteiger partial charge in [0.25, 0.3) is 0 Å². The maximum absolute atomic E-state index is 13.6. The summed E-state index contributed by atoms with van der Waals surface area (Å²) >= 11 is 0. The molecule has 5 heteroatoms. The number of carbonyl (C=O) groups is 1. The Bertz CT molecular complexity index is 569. The van der Waals surface area contributed by atoms with Crippen molar-refractivity contribution in [3.05, 3.63) is 35.4 Å². The van der Waals surface area contributed by atoms with Crippen molar-refractivity contribution in [2.45, 2.75) is 6.92 Å². The molecule has 0 spiro atoms. The number of benzene rings is 1. The molecule has 2 aromatic rings. The lowest BCUT2D eigenvalue weighted by atomic mass is 10.2. The number of hydrogen-bond acceptors (Lipinski definition) is 4. The van der Waals surface area contributed by atoms with E-state index in [0.29, 0.717) is 11.2 Å². The van der Waals surface area contributed by atoms with Crippen LogP contribution in [0.1, 0.15) is 16.1 Å². The molecule has 0 radical (unpaired) electrons. The molecule has 0 aliphatic heterocycles. The second-order valence-electron chi connectivity index (χ2n) is 3.33. The highest BCUT2D eigenvalue weighted by atomic mass is 19.1. The fourth-order valence-electron chi connectivity index (χ4n) is 1.40. The molecule has 1 aromatic carbocycles. The smallest absolute Gasteiger partial charge is 0.338 e. The van der Waals surface area contributed by atoms with Gasteiger partial charge in [-0.25, -0.2) is 14.2 Å². The van der Waals surface area contributed by atoms with Crippen LogP contribution in [0.5, 0.6) is 0 Å². The van der Waals surface area contributed by atoms with Gasteiger partial charge in [-0.15, -0.1) is 0 Å². The fraction of sp³-hybridized carbons (Fsp3) is 0.182. The number of halogens is 1. The molecule has 0 amide bonds. The van der Waals surface area contributed by atoms with Crippen LogP contribution in [-0.4, -0.2) is 23.0 Å². The number of aromatic nitrogens is 2. The van der Waals surface area contributed by atoms with E-state index >= 15 is 0 Å². The van der Waals surface area contributed by atoms with Crippen molar-refractivity contribution in [2.24, 2.45) is 0 Å². The molecule has 4 nitrogen and oxygen atoms in total. The molecule has 1 aromatic heterocycles. The monoisotopic (exact) mass is 220 g/mol. The lowest BCUT2D eigenvalue weighted by Crippen LogP contribution is -2.03. The van der Waals surface area contributed by atoms with Gasteiger partial charge in [0.15, 0.2) is 5.82 Å². The average molecular weight is 220 g/mol. The minimum absolute atomic E-state index is 0.130. The molecule has 0 aliphatic rings. The second kappa shape index (κ2) is 3.84. The number of methoxy groups -OCH3 is 1. The van der Waals surface area contributed by atoms with E-state index in [2.05, 4.69) is 14.7 Å². The van der Waals surface area contributed by atoms with Gasteiger partial charge in [-0.3, -0.25) is 4.98 Å². The first kappa shape index (κ1) is 10.5. The summed E-state index contributed by atoms with van der Waals surface area (Å²) in [6, 6.07) is 2.55. The maximum atomic E-state index is 13.6. The Morgan fingerprint density at radius 2 is 2.19 bits per heavy atom. The molecule has 0 saturated heterocycles. The maximum Gasteiger partial charge on any atom is 0.338 e. The third-order valence-electron chi connectivity index (χ3n) is 2.14. The molecule has 0 aliphatic carbocycles. The van der Waals surface area contributed by atoms with E-state index in [1.165, 1.54) is 19.4 Å². The van der Waals surface area contributed by atoms with Crippen molar-refractivity contribution < 1.29 is 13.9 Å². The van der Waals surface area contributed by atoms with Crippen LogP contribution in [-0.2, 0) is 4.74 Å². The Kier molecular flexibility index (Phi) is 2.52. The van der Waals surface area contributed by atoms with Crippen molar-refractivity contribution in [2.75, 3.05) is 7.11 Å². The fourth-order valence-corrected chi connectivity index (χ4v) is 1.40. The second-order valence-corrected chi connectivity index (χ2v) is 3.33.